The molecule has 82 valence electrons. The van der Waals surface area contributed by atoms with Gasteiger partial charge in [-0.1, -0.05) is 0 Å². The average Bonchev–Trinajstić information content (AvgIpc) is 2.06. The zero-order valence-corrected chi connectivity index (χ0v) is 7.52. The lowest BCUT2D eigenvalue weighted by Crippen LogP contribution is -2.08. The third-order valence-electron chi connectivity index (χ3n) is 1.76. The molecule has 0 heterocycles. The fourth-order valence-electron chi connectivity index (χ4n) is 1.03. The summed E-state index contributed by atoms with van der Waals surface area (Å²) in [6, 6.07) is 0.610. The molecule has 0 saturated heterocycles. The summed E-state index contributed by atoms with van der Waals surface area (Å²) in [5, 5.41) is 8.87. The number of hydrogen-bond acceptors (Lipinski definition) is 2. The number of carbonyl (C=O) groups is 1. The van der Waals surface area contributed by atoms with Crippen molar-refractivity contribution in [2.24, 2.45) is 0 Å². The van der Waals surface area contributed by atoms with Gasteiger partial charge in [-0.3, -0.25) is 4.79 Å². The number of carbonyl (C=O) groups excluding carboxylic acids is 1. The highest BCUT2D eigenvalue weighted by molar-refractivity contribution is 5.95. The Bertz CT molecular complexity index is 409. The maximum absolute atomic E-state index is 13.0. The topological polar surface area (TPSA) is 37.3 Å². The van der Waals surface area contributed by atoms with Crippen LogP contribution in [0.15, 0.2) is 12.1 Å². The number of Topliss-reactive ketones (excluding diaryl/α,β-unsaturated/α-hetero) is 1. The Hall–Kier alpha value is -1.59. The number of benzene rings is 1. The number of phenols is 1. The molecule has 2 nitrogen and oxygen atoms in total. The molecule has 0 aromatic heterocycles. The highest BCUT2D eigenvalue weighted by Crippen LogP contribution is 2.34. The van der Waals surface area contributed by atoms with Gasteiger partial charge in [-0.25, -0.2) is 4.39 Å². The molecular weight excluding hydrogens is 216 g/mol. The number of halogens is 4. The van der Waals surface area contributed by atoms with E-state index < -0.39 is 34.7 Å². The third-order valence-corrected chi connectivity index (χ3v) is 1.76. The van der Waals surface area contributed by atoms with Gasteiger partial charge in [-0.15, -0.1) is 0 Å². The van der Waals surface area contributed by atoms with Crippen LogP contribution in [0, 0.1) is 5.82 Å². The van der Waals surface area contributed by atoms with Gasteiger partial charge in [0.25, 0.3) is 0 Å². The first-order valence-corrected chi connectivity index (χ1v) is 3.84. The summed E-state index contributed by atoms with van der Waals surface area (Å²) < 4.78 is 49.6. The van der Waals surface area contributed by atoms with Crippen molar-refractivity contribution in [2.75, 3.05) is 0 Å². The van der Waals surface area contributed by atoms with Crippen molar-refractivity contribution in [3.05, 3.63) is 29.1 Å². The van der Waals surface area contributed by atoms with Crippen LogP contribution in [0.25, 0.3) is 0 Å². The highest BCUT2D eigenvalue weighted by Gasteiger charge is 2.32. The smallest absolute Gasteiger partial charge is 0.416 e. The molecule has 6 heteroatoms. The summed E-state index contributed by atoms with van der Waals surface area (Å²) in [7, 11) is 0. The van der Waals surface area contributed by atoms with E-state index in [2.05, 4.69) is 0 Å². The fraction of sp³-hybridized carbons (Fsp3) is 0.222. The lowest BCUT2D eigenvalue weighted by molar-refractivity contribution is -0.137. The second-order valence-corrected chi connectivity index (χ2v) is 2.91. The van der Waals surface area contributed by atoms with E-state index in [0.717, 1.165) is 6.92 Å². The van der Waals surface area contributed by atoms with Crippen LogP contribution in [0.3, 0.4) is 0 Å². The number of phenolic OH excluding ortho intramolecular Hbond substituents is 1. The number of aromatic hydroxyl groups is 1. The maximum atomic E-state index is 13.0. The van der Waals surface area contributed by atoms with Crippen LogP contribution in [0.4, 0.5) is 17.6 Å². The van der Waals surface area contributed by atoms with Gasteiger partial charge in [0.05, 0.1) is 11.1 Å². The normalized spacial score (nSPS) is 11.5. The molecule has 1 N–H and O–H groups in total. The lowest BCUT2D eigenvalue weighted by Gasteiger charge is -2.09. The van der Waals surface area contributed by atoms with Crippen LogP contribution in [0.1, 0.15) is 22.8 Å². The second kappa shape index (κ2) is 3.52. The zero-order valence-electron chi connectivity index (χ0n) is 7.52. The molecule has 0 fully saturated rings. The summed E-state index contributed by atoms with van der Waals surface area (Å²) in [5.41, 5.74) is -2.03. The zero-order chi connectivity index (χ0) is 11.8. The molecule has 1 rings (SSSR count). The molecule has 0 aliphatic carbocycles. The van der Waals surface area contributed by atoms with Gasteiger partial charge < -0.3 is 5.11 Å². The Morgan fingerprint density at radius 1 is 1.33 bits per heavy atom. The molecular formula is C9H6F4O2. The molecule has 0 amide bonds. The van der Waals surface area contributed by atoms with E-state index in [1.807, 2.05) is 0 Å². The standard InChI is InChI=1S/C9H6F4O2/c1-4(14)6-2-5(9(11,12)13)3-7(15)8(6)10/h2-3,15H,1H3. The predicted octanol–water partition coefficient (Wildman–Crippen LogP) is 2.75. The van der Waals surface area contributed by atoms with Gasteiger partial charge in [0.15, 0.2) is 17.3 Å². The molecule has 1 aromatic carbocycles. The van der Waals surface area contributed by atoms with E-state index in [0.29, 0.717) is 6.07 Å². The third kappa shape index (κ3) is 2.26. The number of hydrogen-bond donors (Lipinski definition) is 1. The van der Waals surface area contributed by atoms with Crippen molar-refractivity contribution in [1.29, 1.82) is 0 Å². The SMILES string of the molecule is CC(=O)c1cc(C(F)(F)F)cc(O)c1F. The van der Waals surface area contributed by atoms with Crippen molar-refractivity contribution in [3.63, 3.8) is 0 Å². The molecule has 0 saturated carbocycles. The minimum absolute atomic E-state index is 0.238. The summed E-state index contributed by atoms with van der Waals surface area (Å²) in [6.07, 6.45) is -4.73. The first-order valence-electron chi connectivity index (χ1n) is 3.84. The predicted molar refractivity (Wildman–Crippen MR) is 43.1 cm³/mol. The van der Waals surface area contributed by atoms with Crippen LogP contribution in [-0.2, 0) is 6.18 Å². The Kier molecular flexibility index (Phi) is 2.70. The maximum Gasteiger partial charge on any atom is 0.416 e. The van der Waals surface area contributed by atoms with Crippen molar-refractivity contribution >= 4 is 5.78 Å². The molecule has 0 radical (unpaired) electrons. The van der Waals surface area contributed by atoms with E-state index in [1.165, 1.54) is 0 Å². The summed E-state index contributed by atoms with van der Waals surface area (Å²) in [6.45, 7) is 0.915. The largest absolute Gasteiger partial charge is 0.505 e. The Morgan fingerprint density at radius 3 is 2.27 bits per heavy atom. The van der Waals surface area contributed by atoms with Crippen molar-refractivity contribution in [2.45, 2.75) is 13.1 Å². The van der Waals surface area contributed by atoms with Crippen LogP contribution in [0.2, 0.25) is 0 Å². The van der Waals surface area contributed by atoms with Gasteiger partial charge in [0, 0.05) is 0 Å². The van der Waals surface area contributed by atoms with Crippen molar-refractivity contribution in [1.82, 2.24) is 0 Å². The number of rotatable bonds is 1. The lowest BCUT2D eigenvalue weighted by atomic mass is 10.1. The summed E-state index contributed by atoms with van der Waals surface area (Å²) in [5.74, 6) is -3.40. The fourth-order valence-corrected chi connectivity index (χ4v) is 1.03. The van der Waals surface area contributed by atoms with Gasteiger partial charge >= 0.3 is 6.18 Å². The minimum atomic E-state index is -4.73. The molecule has 0 aliphatic heterocycles. The highest BCUT2D eigenvalue weighted by atomic mass is 19.4. The Labute approximate surface area is 82.1 Å². The summed E-state index contributed by atoms with van der Waals surface area (Å²) >= 11 is 0. The molecule has 15 heavy (non-hydrogen) atoms. The van der Waals surface area contributed by atoms with Crippen LogP contribution >= 0.6 is 0 Å². The average molecular weight is 222 g/mol. The molecule has 0 spiro atoms. The van der Waals surface area contributed by atoms with Gasteiger partial charge in [-0.05, 0) is 19.1 Å². The van der Waals surface area contributed by atoms with E-state index in [1.54, 1.807) is 0 Å². The first-order chi connectivity index (χ1) is 6.73. The molecule has 0 bridgehead atoms. The second-order valence-electron chi connectivity index (χ2n) is 2.91. The molecule has 0 unspecified atom stereocenters. The van der Waals surface area contributed by atoms with Crippen molar-refractivity contribution < 1.29 is 27.5 Å². The molecule has 0 aliphatic rings. The molecule has 1 aromatic rings. The van der Waals surface area contributed by atoms with Gasteiger partial charge in [-0.2, -0.15) is 13.2 Å². The van der Waals surface area contributed by atoms with E-state index in [-0.39, 0.29) is 6.07 Å². The van der Waals surface area contributed by atoms with Crippen LogP contribution in [0.5, 0.6) is 5.75 Å². The van der Waals surface area contributed by atoms with Crippen LogP contribution in [-0.4, -0.2) is 10.9 Å². The van der Waals surface area contributed by atoms with E-state index in [4.69, 9.17) is 5.11 Å². The first kappa shape index (κ1) is 11.5. The molecule has 0 atom stereocenters. The minimum Gasteiger partial charge on any atom is -0.505 e. The van der Waals surface area contributed by atoms with Crippen LogP contribution < -0.4 is 0 Å². The summed E-state index contributed by atoms with van der Waals surface area (Å²) in [4.78, 5) is 10.8. The van der Waals surface area contributed by atoms with E-state index >= 15 is 0 Å². The monoisotopic (exact) mass is 222 g/mol. The van der Waals surface area contributed by atoms with E-state index in [9.17, 15) is 22.4 Å². The Morgan fingerprint density at radius 2 is 1.87 bits per heavy atom. The van der Waals surface area contributed by atoms with Gasteiger partial charge in [0.2, 0.25) is 0 Å². The quantitative estimate of drug-likeness (QED) is 0.586. The van der Waals surface area contributed by atoms with Gasteiger partial charge in [0.1, 0.15) is 0 Å². The number of alkyl halides is 3. The Balaban J connectivity index is 3.43. The van der Waals surface area contributed by atoms with Crippen molar-refractivity contribution in [3.8, 4) is 5.75 Å². The number of ketones is 1.